The number of ether oxygens (including phenoxy) is 1. The molecule has 0 fully saturated rings. The van der Waals surface area contributed by atoms with Crippen LogP contribution in [0.4, 0.5) is 11.4 Å². The first kappa shape index (κ1) is 17.6. The first-order valence-corrected chi connectivity index (χ1v) is 7.39. The van der Waals surface area contributed by atoms with Gasteiger partial charge in [-0.3, -0.25) is 20.2 Å². The normalized spacial score (nSPS) is 9.92. The average Bonchev–Trinajstić information content (AvgIpc) is 2.54. The monoisotopic (exact) mass is 365 g/mol. The van der Waals surface area contributed by atoms with Crippen molar-refractivity contribution in [2.24, 2.45) is 0 Å². The highest BCUT2D eigenvalue weighted by Crippen LogP contribution is 2.29. The molecule has 2 aromatic carbocycles. The number of benzene rings is 2. The molecule has 1 amide bonds. The van der Waals surface area contributed by atoms with E-state index in [1.54, 1.807) is 24.3 Å². The van der Waals surface area contributed by atoms with Gasteiger partial charge in [-0.1, -0.05) is 17.7 Å². The number of methoxy groups -OCH3 is 1. The topological polar surface area (TPSA) is 93.5 Å². The van der Waals surface area contributed by atoms with Crippen LogP contribution in [0.1, 0.15) is 10.4 Å². The number of halogens is 1. The van der Waals surface area contributed by atoms with Gasteiger partial charge in [0.15, 0.2) is 10.9 Å². The molecule has 9 heteroatoms. The van der Waals surface area contributed by atoms with E-state index < -0.39 is 10.8 Å². The van der Waals surface area contributed by atoms with Crippen LogP contribution >= 0.6 is 23.8 Å². The second-order valence-electron chi connectivity index (χ2n) is 4.56. The van der Waals surface area contributed by atoms with Gasteiger partial charge in [0.25, 0.3) is 5.91 Å². The zero-order valence-electron chi connectivity index (χ0n) is 12.4. The van der Waals surface area contributed by atoms with E-state index in [2.05, 4.69) is 10.6 Å². The largest absolute Gasteiger partial charge is 0.490 e. The molecule has 0 heterocycles. The lowest BCUT2D eigenvalue weighted by Gasteiger charge is -2.10. The van der Waals surface area contributed by atoms with Crippen molar-refractivity contribution in [3.05, 3.63) is 63.2 Å². The van der Waals surface area contributed by atoms with Crippen molar-refractivity contribution < 1.29 is 14.5 Å². The number of hydrogen-bond donors (Lipinski definition) is 2. The summed E-state index contributed by atoms with van der Waals surface area (Å²) < 4.78 is 4.92. The molecule has 0 unspecified atom stereocenters. The number of nitro benzene ring substituents is 1. The molecule has 2 rings (SSSR count). The van der Waals surface area contributed by atoms with Gasteiger partial charge in [-0.2, -0.15) is 0 Å². The second kappa shape index (κ2) is 7.71. The van der Waals surface area contributed by atoms with Gasteiger partial charge in [-0.05, 0) is 42.5 Å². The van der Waals surface area contributed by atoms with Gasteiger partial charge in [0.05, 0.1) is 12.0 Å². The van der Waals surface area contributed by atoms with E-state index in [0.29, 0.717) is 16.3 Å². The summed E-state index contributed by atoms with van der Waals surface area (Å²) in [6, 6.07) is 10.6. The highest BCUT2D eigenvalue weighted by Gasteiger charge is 2.16. The fraction of sp³-hybridized carbons (Fsp3) is 0.0667. The second-order valence-corrected chi connectivity index (χ2v) is 5.41. The Morgan fingerprint density at radius 3 is 2.67 bits per heavy atom. The Labute approximate surface area is 147 Å². The van der Waals surface area contributed by atoms with E-state index in [1.807, 2.05) is 0 Å². The summed E-state index contributed by atoms with van der Waals surface area (Å²) in [6.07, 6.45) is 0. The van der Waals surface area contributed by atoms with Crippen LogP contribution in [0, 0.1) is 10.1 Å². The molecule has 0 atom stereocenters. The third-order valence-electron chi connectivity index (χ3n) is 2.95. The Morgan fingerprint density at radius 1 is 1.29 bits per heavy atom. The maximum Gasteiger partial charge on any atom is 0.312 e. The minimum Gasteiger partial charge on any atom is -0.490 e. The molecule has 124 valence electrons. The molecular formula is C15H12ClN3O4S. The van der Waals surface area contributed by atoms with Crippen molar-refractivity contribution in [1.29, 1.82) is 0 Å². The summed E-state index contributed by atoms with van der Waals surface area (Å²) in [7, 11) is 1.34. The van der Waals surface area contributed by atoms with Crippen molar-refractivity contribution in [2.45, 2.75) is 0 Å². The lowest BCUT2D eigenvalue weighted by atomic mass is 10.2. The van der Waals surface area contributed by atoms with Crippen molar-refractivity contribution >= 4 is 46.2 Å². The van der Waals surface area contributed by atoms with E-state index in [-0.39, 0.29) is 16.5 Å². The summed E-state index contributed by atoms with van der Waals surface area (Å²) in [6.45, 7) is 0. The van der Waals surface area contributed by atoms with Gasteiger partial charge in [-0.15, -0.1) is 0 Å². The molecule has 0 aliphatic heterocycles. The van der Waals surface area contributed by atoms with E-state index in [4.69, 9.17) is 28.6 Å². The number of carbonyl (C=O) groups is 1. The molecule has 0 aromatic heterocycles. The lowest BCUT2D eigenvalue weighted by molar-refractivity contribution is -0.385. The molecule has 2 aromatic rings. The summed E-state index contributed by atoms with van der Waals surface area (Å²) in [4.78, 5) is 22.5. The van der Waals surface area contributed by atoms with Crippen LogP contribution in [0.25, 0.3) is 0 Å². The van der Waals surface area contributed by atoms with E-state index >= 15 is 0 Å². The molecule has 0 spiro atoms. The van der Waals surface area contributed by atoms with Gasteiger partial charge in [-0.25, -0.2) is 0 Å². The SMILES string of the molecule is COc1ccc(NC(=S)NC(=O)c2cccc(Cl)c2)cc1[N+](=O)[O-]. The highest BCUT2D eigenvalue weighted by molar-refractivity contribution is 7.80. The molecule has 0 bridgehead atoms. The highest BCUT2D eigenvalue weighted by atomic mass is 35.5. The van der Waals surface area contributed by atoms with Crippen LogP contribution in [0.15, 0.2) is 42.5 Å². The minimum absolute atomic E-state index is 0.000518. The van der Waals surface area contributed by atoms with Gasteiger partial charge in [0.1, 0.15) is 0 Å². The lowest BCUT2D eigenvalue weighted by Crippen LogP contribution is -2.34. The standard InChI is InChI=1S/C15H12ClN3O4S/c1-23-13-6-5-11(8-12(13)19(21)22)17-15(24)18-14(20)9-3-2-4-10(16)7-9/h2-8H,1H3,(H2,17,18,20,24). The molecule has 0 radical (unpaired) electrons. The van der Waals surface area contributed by atoms with Crippen LogP contribution in [0.5, 0.6) is 5.75 Å². The maximum absolute atomic E-state index is 12.0. The molecule has 7 nitrogen and oxygen atoms in total. The van der Waals surface area contributed by atoms with E-state index in [9.17, 15) is 14.9 Å². The predicted octanol–water partition coefficient (Wildman–Crippen LogP) is 3.38. The van der Waals surface area contributed by atoms with Crippen LogP contribution in [-0.2, 0) is 0 Å². The number of amides is 1. The Balaban J connectivity index is 2.08. The molecular weight excluding hydrogens is 354 g/mol. The fourth-order valence-electron chi connectivity index (χ4n) is 1.88. The molecule has 0 saturated heterocycles. The quantitative estimate of drug-likeness (QED) is 0.490. The zero-order valence-corrected chi connectivity index (χ0v) is 14.0. The van der Waals surface area contributed by atoms with Crippen LogP contribution in [0.3, 0.4) is 0 Å². The molecule has 0 aliphatic rings. The van der Waals surface area contributed by atoms with Gasteiger partial charge >= 0.3 is 5.69 Å². The number of rotatable bonds is 4. The van der Waals surface area contributed by atoms with Crippen molar-refractivity contribution in [1.82, 2.24) is 5.32 Å². The first-order chi connectivity index (χ1) is 11.4. The van der Waals surface area contributed by atoms with Gasteiger partial charge < -0.3 is 10.1 Å². The van der Waals surface area contributed by atoms with Crippen LogP contribution in [-0.4, -0.2) is 23.1 Å². The fourth-order valence-corrected chi connectivity index (χ4v) is 2.28. The number of nitrogens with one attached hydrogen (secondary N) is 2. The van der Waals surface area contributed by atoms with Gasteiger partial charge in [0.2, 0.25) is 0 Å². The molecule has 0 aliphatic carbocycles. The predicted molar refractivity (Wildman–Crippen MR) is 94.8 cm³/mol. The third kappa shape index (κ3) is 4.40. The van der Waals surface area contributed by atoms with Crippen molar-refractivity contribution in [3.63, 3.8) is 0 Å². The third-order valence-corrected chi connectivity index (χ3v) is 3.39. The van der Waals surface area contributed by atoms with Crippen LogP contribution < -0.4 is 15.4 Å². The Hall–Kier alpha value is -2.71. The van der Waals surface area contributed by atoms with Crippen LogP contribution in [0.2, 0.25) is 5.02 Å². The molecule has 24 heavy (non-hydrogen) atoms. The maximum atomic E-state index is 12.0. The summed E-state index contributed by atoms with van der Waals surface area (Å²) in [5, 5.41) is 16.6. The Morgan fingerprint density at radius 2 is 2.04 bits per heavy atom. The number of hydrogen-bond acceptors (Lipinski definition) is 5. The minimum atomic E-state index is -0.572. The molecule has 0 saturated carbocycles. The number of carbonyl (C=O) groups excluding carboxylic acids is 1. The summed E-state index contributed by atoms with van der Waals surface area (Å²) in [5.41, 5.74) is 0.470. The van der Waals surface area contributed by atoms with Gasteiger partial charge in [0, 0.05) is 22.3 Å². The number of nitrogens with zero attached hydrogens (tertiary/aromatic N) is 1. The van der Waals surface area contributed by atoms with E-state index in [1.165, 1.54) is 25.3 Å². The number of anilines is 1. The smallest absolute Gasteiger partial charge is 0.312 e. The molecule has 2 N–H and O–H groups in total. The average molecular weight is 366 g/mol. The van der Waals surface area contributed by atoms with Crippen molar-refractivity contribution in [3.8, 4) is 5.75 Å². The van der Waals surface area contributed by atoms with E-state index in [0.717, 1.165) is 0 Å². The van der Waals surface area contributed by atoms with Crippen molar-refractivity contribution in [2.75, 3.05) is 12.4 Å². The first-order valence-electron chi connectivity index (χ1n) is 6.61. The zero-order chi connectivity index (χ0) is 17.7. The summed E-state index contributed by atoms with van der Waals surface area (Å²) >= 11 is 10.9. The number of thiocarbonyl (C=S) groups is 1. The summed E-state index contributed by atoms with van der Waals surface area (Å²) in [5.74, 6) is -0.322. The number of nitro groups is 1. The Bertz CT molecular complexity index is 813. The Kier molecular flexibility index (Phi) is 5.67.